The van der Waals surface area contributed by atoms with E-state index >= 15 is 0 Å². The SMILES string of the molecule is Cc1cc(-c2ccccc2)c(-n2c(-c3[c-]sc4ccc(-c5ccc6sc7ccccc7c6c5)cc34)nc3ccccc32)c(-c2ccccc2)c1.[Ir].[c-]1ccccc1-c1ccccn1. The van der Waals surface area contributed by atoms with Crippen LogP contribution >= 0.6 is 22.7 Å². The van der Waals surface area contributed by atoms with Gasteiger partial charge in [0, 0.05) is 57.6 Å². The summed E-state index contributed by atoms with van der Waals surface area (Å²) in [5, 5.41) is 7.50. The number of aromatic nitrogens is 3. The first kappa shape index (κ1) is 40.3. The predicted octanol–water partition coefficient (Wildman–Crippen LogP) is 15.9. The van der Waals surface area contributed by atoms with Gasteiger partial charge in [-0.2, -0.15) is 0 Å². The van der Waals surface area contributed by atoms with Crippen molar-refractivity contribution in [2.75, 3.05) is 0 Å². The number of pyridine rings is 1. The van der Waals surface area contributed by atoms with Crippen molar-refractivity contribution in [1.29, 1.82) is 0 Å². The number of rotatable bonds is 6. The molecule has 0 spiro atoms. The second-order valence-corrected chi connectivity index (χ2v) is 17.2. The summed E-state index contributed by atoms with van der Waals surface area (Å²) >= 11 is 3.52. The first-order valence-corrected chi connectivity index (χ1v) is 22.3. The van der Waals surface area contributed by atoms with Gasteiger partial charge in [0.05, 0.1) is 22.5 Å². The molecule has 8 aromatic carbocycles. The standard InChI is InChI=1S/C46H29N2S2.C11H8N.Ir/c1-29-24-35(30-12-4-2-5-13-30)45(36(25-29)31-14-6-3-7-15-31)48-41-18-10-9-17-40(41)47-46(48)39-28-49-42-22-20-32(27-38(39)42)33-21-23-44-37(26-33)34-16-8-11-19-43(34)50-44;1-2-6-10(7-3-1)11-8-4-5-9-12-11;/h2-27H,1H3;1-6,8-9H;/q2*-1;. The molecule has 0 amide bonds. The average Bonchev–Trinajstić information content (AvgIpc) is 4.05. The minimum Gasteiger partial charge on any atom is -0.332 e. The summed E-state index contributed by atoms with van der Waals surface area (Å²) in [5.41, 5.74) is 14.5. The molecule has 0 aliphatic carbocycles. The molecule has 0 saturated carbocycles. The molecule has 0 aliphatic heterocycles. The molecule has 3 nitrogen and oxygen atoms in total. The van der Waals surface area contributed by atoms with Gasteiger partial charge in [-0.1, -0.05) is 143 Å². The summed E-state index contributed by atoms with van der Waals surface area (Å²) in [7, 11) is 0. The monoisotopic (exact) mass is 1020 g/mol. The largest absolute Gasteiger partial charge is 0.332 e. The van der Waals surface area contributed by atoms with Crippen LogP contribution in [0.5, 0.6) is 0 Å². The van der Waals surface area contributed by atoms with Gasteiger partial charge in [0.15, 0.2) is 0 Å². The van der Waals surface area contributed by atoms with Crippen molar-refractivity contribution in [1.82, 2.24) is 14.5 Å². The molecule has 4 heterocycles. The van der Waals surface area contributed by atoms with Gasteiger partial charge in [0.25, 0.3) is 0 Å². The Hall–Kier alpha value is -6.79. The maximum absolute atomic E-state index is 5.38. The Morgan fingerprint density at radius 2 is 1.16 bits per heavy atom. The number of hydrogen-bond donors (Lipinski definition) is 0. The molecule has 6 heteroatoms. The smallest absolute Gasteiger partial charge is 0.0774 e. The fourth-order valence-corrected chi connectivity index (χ4v) is 10.3. The Morgan fingerprint density at radius 3 is 1.87 bits per heavy atom. The predicted molar refractivity (Wildman–Crippen MR) is 263 cm³/mol. The van der Waals surface area contributed by atoms with Gasteiger partial charge < -0.3 is 9.55 Å². The Labute approximate surface area is 388 Å². The maximum atomic E-state index is 5.38. The van der Waals surface area contributed by atoms with Gasteiger partial charge in [-0.3, -0.25) is 16.3 Å². The van der Waals surface area contributed by atoms with Crippen LogP contribution in [0.2, 0.25) is 0 Å². The van der Waals surface area contributed by atoms with E-state index in [0.29, 0.717) is 0 Å². The van der Waals surface area contributed by atoms with Crippen LogP contribution in [0.4, 0.5) is 0 Å². The van der Waals surface area contributed by atoms with Gasteiger partial charge in [0.1, 0.15) is 0 Å². The van der Waals surface area contributed by atoms with E-state index in [1.807, 2.05) is 53.8 Å². The summed E-state index contributed by atoms with van der Waals surface area (Å²) in [4.78, 5) is 9.60. The van der Waals surface area contributed by atoms with Crippen LogP contribution in [0.15, 0.2) is 206 Å². The third-order valence-electron chi connectivity index (χ3n) is 11.3. The van der Waals surface area contributed by atoms with Crippen molar-refractivity contribution in [3.63, 3.8) is 0 Å². The quantitative estimate of drug-likeness (QED) is 0.155. The Balaban J connectivity index is 0.000000314. The van der Waals surface area contributed by atoms with Crippen molar-refractivity contribution >= 4 is 64.0 Å². The second-order valence-electron chi connectivity index (χ2n) is 15.3. The zero-order valence-electron chi connectivity index (χ0n) is 34.1. The molecular formula is C57H37IrN3S2-2. The second kappa shape index (κ2) is 17.5. The minimum atomic E-state index is 0. The first-order chi connectivity index (χ1) is 30.7. The average molecular weight is 1020 g/mol. The number of para-hydroxylation sites is 2. The van der Waals surface area contributed by atoms with E-state index in [1.165, 1.54) is 63.8 Å². The molecule has 0 aliphatic rings. The van der Waals surface area contributed by atoms with E-state index in [0.717, 1.165) is 44.8 Å². The zero-order chi connectivity index (χ0) is 41.4. The first-order valence-electron chi connectivity index (χ1n) is 20.6. The third kappa shape index (κ3) is 7.73. The summed E-state index contributed by atoms with van der Waals surface area (Å²) in [6.45, 7) is 2.19. The summed E-state index contributed by atoms with van der Waals surface area (Å²) in [6, 6.07) is 73.8. The Kier molecular flexibility index (Phi) is 11.2. The molecule has 0 saturated heterocycles. The molecule has 0 N–H and O–H groups in total. The van der Waals surface area contributed by atoms with Gasteiger partial charge in [-0.25, -0.2) is 0 Å². The zero-order valence-corrected chi connectivity index (χ0v) is 38.1. The number of thiophene rings is 2. The van der Waals surface area contributed by atoms with E-state index in [9.17, 15) is 0 Å². The molecule has 63 heavy (non-hydrogen) atoms. The van der Waals surface area contributed by atoms with Crippen LogP contribution in [0, 0.1) is 18.4 Å². The van der Waals surface area contributed by atoms with E-state index < -0.39 is 0 Å². The molecule has 0 bridgehead atoms. The number of fused-ring (bicyclic) bond motifs is 5. The molecule has 12 rings (SSSR count). The van der Waals surface area contributed by atoms with Crippen molar-refractivity contribution in [2.24, 2.45) is 0 Å². The van der Waals surface area contributed by atoms with Crippen LogP contribution in [0.1, 0.15) is 5.56 Å². The molecular weight excluding hydrogens is 983 g/mol. The fourth-order valence-electron chi connectivity index (χ4n) is 8.42. The molecule has 0 fully saturated rings. The summed E-state index contributed by atoms with van der Waals surface area (Å²) < 4.78 is 6.22. The van der Waals surface area contributed by atoms with Crippen molar-refractivity contribution in [3.8, 4) is 61.7 Å². The topological polar surface area (TPSA) is 30.7 Å². The molecule has 0 unspecified atom stereocenters. The van der Waals surface area contributed by atoms with Gasteiger partial charge in [0.2, 0.25) is 0 Å². The molecule has 4 aromatic heterocycles. The van der Waals surface area contributed by atoms with Crippen molar-refractivity contribution in [3.05, 3.63) is 223 Å². The minimum absolute atomic E-state index is 0. The van der Waals surface area contributed by atoms with Crippen LogP contribution in [-0.4, -0.2) is 14.5 Å². The van der Waals surface area contributed by atoms with E-state index in [4.69, 9.17) is 4.98 Å². The van der Waals surface area contributed by atoms with Crippen molar-refractivity contribution < 1.29 is 20.1 Å². The van der Waals surface area contributed by atoms with E-state index in [-0.39, 0.29) is 20.1 Å². The molecule has 0 atom stereocenters. The maximum Gasteiger partial charge on any atom is 0.0774 e. The number of hydrogen-bond acceptors (Lipinski definition) is 4. The summed E-state index contributed by atoms with van der Waals surface area (Å²) in [6.07, 6.45) is 1.79. The number of benzene rings is 8. The molecule has 12 aromatic rings. The Morgan fingerprint density at radius 1 is 0.524 bits per heavy atom. The number of imidazole rings is 1. The molecule has 1 radical (unpaired) electrons. The van der Waals surface area contributed by atoms with E-state index in [2.05, 4.69) is 186 Å². The fraction of sp³-hybridized carbons (Fsp3) is 0.0175. The van der Waals surface area contributed by atoms with Gasteiger partial charge in [-0.15, -0.1) is 52.6 Å². The van der Waals surface area contributed by atoms with Crippen LogP contribution < -0.4 is 0 Å². The summed E-state index contributed by atoms with van der Waals surface area (Å²) in [5.74, 6) is 0.895. The van der Waals surface area contributed by atoms with E-state index in [1.54, 1.807) is 17.5 Å². The number of nitrogens with zero attached hydrogens (tertiary/aromatic N) is 3. The van der Waals surface area contributed by atoms with Gasteiger partial charge >= 0.3 is 0 Å². The molecule has 303 valence electrons. The number of aryl methyl sites for hydroxylation is 1. The van der Waals surface area contributed by atoms with Crippen molar-refractivity contribution in [2.45, 2.75) is 6.92 Å². The normalized spacial score (nSPS) is 11.1. The van der Waals surface area contributed by atoms with Crippen LogP contribution in [-0.2, 0) is 20.1 Å². The van der Waals surface area contributed by atoms with Gasteiger partial charge in [-0.05, 0) is 89.0 Å². The third-order valence-corrected chi connectivity index (χ3v) is 13.3. The van der Waals surface area contributed by atoms with Crippen LogP contribution in [0.25, 0.3) is 103 Å². The Bertz CT molecular complexity index is 3420. The van der Waals surface area contributed by atoms with Crippen LogP contribution in [0.3, 0.4) is 0 Å².